The molecule has 0 saturated carbocycles. The highest BCUT2D eigenvalue weighted by Gasteiger charge is 2.33. The van der Waals surface area contributed by atoms with Crippen LogP contribution in [0, 0.1) is 5.82 Å². The maximum atomic E-state index is 13.3. The van der Waals surface area contributed by atoms with Crippen LogP contribution in [0.4, 0.5) is 10.1 Å². The number of hydrogen-bond acceptors (Lipinski definition) is 3. The first-order valence-corrected chi connectivity index (χ1v) is 7.94. The van der Waals surface area contributed by atoms with Crippen LogP contribution in [0.1, 0.15) is 5.56 Å². The second-order valence-corrected chi connectivity index (χ2v) is 6.61. The second-order valence-electron chi connectivity index (χ2n) is 4.53. The second kappa shape index (κ2) is 6.20. The summed E-state index contributed by atoms with van der Waals surface area (Å²) >= 11 is 12.2. The van der Waals surface area contributed by atoms with E-state index in [9.17, 15) is 9.18 Å². The fourth-order valence-corrected chi connectivity index (χ4v) is 3.49. The zero-order chi connectivity index (χ0) is 15.7. The van der Waals surface area contributed by atoms with Crippen molar-refractivity contribution in [3.8, 4) is 0 Å². The van der Waals surface area contributed by atoms with Gasteiger partial charge in [0.15, 0.2) is 4.32 Å². The van der Waals surface area contributed by atoms with Crippen LogP contribution in [0.5, 0.6) is 0 Å². The fourth-order valence-electron chi connectivity index (χ4n) is 2.02. The lowest BCUT2D eigenvalue weighted by atomic mass is 10.2. The molecule has 0 bridgehead atoms. The van der Waals surface area contributed by atoms with Crippen molar-refractivity contribution in [2.75, 3.05) is 4.90 Å². The molecule has 22 heavy (non-hydrogen) atoms. The van der Waals surface area contributed by atoms with Gasteiger partial charge in [-0.1, -0.05) is 65.9 Å². The summed E-state index contributed by atoms with van der Waals surface area (Å²) < 4.78 is 13.7. The molecule has 0 aliphatic carbocycles. The van der Waals surface area contributed by atoms with Crippen molar-refractivity contribution in [1.29, 1.82) is 0 Å². The normalized spacial score (nSPS) is 16.6. The third kappa shape index (κ3) is 2.92. The Morgan fingerprint density at radius 2 is 1.91 bits per heavy atom. The number of hydrogen-bond donors (Lipinski definition) is 0. The van der Waals surface area contributed by atoms with E-state index in [4.69, 9.17) is 23.8 Å². The quantitative estimate of drug-likeness (QED) is 0.569. The van der Waals surface area contributed by atoms with Crippen LogP contribution in [0.3, 0.4) is 0 Å². The van der Waals surface area contributed by atoms with E-state index in [1.54, 1.807) is 6.08 Å². The predicted molar refractivity (Wildman–Crippen MR) is 93.5 cm³/mol. The first-order valence-electron chi connectivity index (χ1n) is 6.34. The highest BCUT2D eigenvalue weighted by atomic mass is 35.5. The smallest absolute Gasteiger partial charge is 0.268 e. The number of carbonyl (C=O) groups is 1. The molecule has 1 heterocycles. The molecule has 110 valence electrons. The number of carbonyl (C=O) groups excluding carboxylic acids is 1. The molecule has 1 amide bonds. The first-order chi connectivity index (χ1) is 10.6. The molecule has 2 aromatic carbocycles. The predicted octanol–water partition coefficient (Wildman–Crippen LogP) is 4.88. The summed E-state index contributed by atoms with van der Waals surface area (Å²) in [6.07, 6.45) is 1.78. The molecule has 1 fully saturated rings. The van der Waals surface area contributed by atoms with E-state index in [1.807, 2.05) is 30.3 Å². The van der Waals surface area contributed by atoms with Gasteiger partial charge in [-0.3, -0.25) is 9.69 Å². The molecule has 1 aliphatic heterocycles. The standard InChI is InChI=1S/C16H9ClFNOS2/c17-12-9-11(6-7-13(12)18)19-15(20)14(22-16(19)21)8-10-4-2-1-3-5-10/h1-9H. The van der Waals surface area contributed by atoms with Gasteiger partial charge in [0, 0.05) is 0 Å². The van der Waals surface area contributed by atoms with Crippen molar-refractivity contribution in [3.05, 3.63) is 69.8 Å². The van der Waals surface area contributed by atoms with Crippen molar-refractivity contribution in [2.24, 2.45) is 0 Å². The lowest BCUT2D eigenvalue weighted by Gasteiger charge is -2.14. The Hall–Kier alpha value is -1.69. The summed E-state index contributed by atoms with van der Waals surface area (Å²) in [5, 5.41) is -0.0430. The highest BCUT2D eigenvalue weighted by molar-refractivity contribution is 8.27. The molecule has 6 heteroatoms. The van der Waals surface area contributed by atoms with Gasteiger partial charge in [0.05, 0.1) is 15.6 Å². The van der Waals surface area contributed by atoms with Gasteiger partial charge < -0.3 is 0 Å². The summed E-state index contributed by atoms with van der Waals surface area (Å²) in [7, 11) is 0. The Balaban J connectivity index is 1.95. The number of halogens is 2. The third-order valence-corrected chi connectivity index (χ3v) is 4.64. The van der Waals surface area contributed by atoms with E-state index in [0.29, 0.717) is 14.9 Å². The summed E-state index contributed by atoms with van der Waals surface area (Å²) in [6, 6.07) is 13.6. The van der Waals surface area contributed by atoms with Gasteiger partial charge in [0.2, 0.25) is 0 Å². The lowest BCUT2D eigenvalue weighted by Crippen LogP contribution is -2.27. The fraction of sp³-hybridized carbons (Fsp3) is 0. The molecule has 0 spiro atoms. The molecule has 2 aromatic rings. The minimum atomic E-state index is -0.532. The van der Waals surface area contributed by atoms with Crippen LogP contribution in [0.15, 0.2) is 53.4 Å². The zero-order valence-electron chi connectivity index (χ0n) is 11.1. The van der Waals surface area contributed by atoms with E-state index in [-0.39, 0.29) is 10.9 Å². The summed E-state index contributed by atoms with van der Waals surface area (Å²) in [5.74, 6) is -0.766. The monoisotopic (exact) mass is 349 g/mol. The maximum Gasteiger partial charge on any atom is 0.270 e. The van der Waals surface area contributed by atoms with Crippen LogP contribution in [0.25, 0.3) is 6.08 Å². The number of thioether (sulfide) groups is 1. The third-order valence-electron chi connectivity index (χ3n) is 3.05. The molecule has 0 unspecified atom stereocenters. The van der Waals surface area contributed by atoms with Gasteiger partial charge >= 0.3 is 0 Å². The topological polar surface area (TPSA) is 20.3 Å². The SMILES string of the molecule is O=C1C(=Cc2ccccc2)SC(=S)N1c1ccc(F)c(Cl)c1. The molecular weight excluding hydrogens is 341 g/mol. The molecule has 2 nitrogen and oxygen atoms in total. The number of thiocarbonyl (C=S) groups is 1. The Morgan fingerprint density at radius 1 is 1.18 bits per heavy atom. The van der Waals surface area contributed by atoms with Crippen molar-refractivity contribution in [3.63, 3.8) is 0 Å². The highest BCUT2D eigenvalue weighted by Crippen LogP contribution is 2.37. The van der Waals surface area contributed by atoms with Crippen molar-refractivity contribution < 1.29 is 9.18 Å². The molecule has 3 rings (SSSR count). The van der Waals surface area contributed by atoms with Crippen molar-refractivity contribution in [1.82, 2.24) is 0 Å². The van der Waals surface area contributed by atoms with Crippen LogP contribution in [-0.4, -0.2) is 10.2 Å². The molecule has 0 N–H and O–H groups in total. The molecule has 0 atom stereocenters. The van der Waals surface area contributed by atoms with Gasteiger partial charge in [0.25, 0.3) is 5.91 Å². The zero-order valence-corrected chi connectivity index (χ0v) is 13.5. The average Bonchev–Trinajstić information content (AvgIpc) is 2.78. The average molecular weight is 350 g/mol. The largest absolute Gasteiger partial charge is 0.270 e. The Labute approximate surface area is 141 Å². The van der Waals surface area contributed by atoms with E-state index >= 15 is 0 Å². The van der Waals surface area contributed by atoms with E-state index in [2.05, 4.69) is 0 Å². The Morgan fingerprint density at radius 3 is 2.59 bits per heavy atom. The Kier molecular flexibility index (Phi) is 4.29. The molecule has 1 aliphatic rings. The number of amides is 1. The summed E-state index contributed by atoms with van der Waals surface area (Å²) in [5.41, 5.74) is 1.38. The van der Waals surface area contributed by atoms with Gasteiger partial charge in [-0.15, -0.1) is 0 Å². The minimum Gasteiger partial charge on any atom is -0.268 e. The van der Waals surface area contributed by atoms with Gasteiger partial charge in [0.1, 0.15) is 5.82 Å². The molecule has 0 radical (unpaired) electrons. The van der Waals surface area contributed by atoms with Gasteiger partial charge in [-0.25, -0.2) is 4.39 Å². The Bertz CT molecular complexity index is 792. The molecule has 0 aromatic heterocycles. The van der Waals surface area contributed by atoms with Gasteiger partial charge in [-0.05, 0) is 29.8 Å². The van der Waals surface area contributed by atoms with Crippen LogP contribution < -0.4 is 4.90 Å². The number of anilines is 1. The minimum absolute atomic E-state index is 0.0430. The van der Waals surface area contributed by atoms with E-state index in [1.165, 1.54) is 34.9 Å². The lowest BCUT2D eigenvalue weighted by molar-refractivity contribution is -0.113. The van der Waals surface area contributed by atoms with E-state index in [0.717, 1.165) is 5.56 Å². The molecular formula is C16H9ClFNOS2. The first kappa shape index (κ1) is 15.2. The van der Waals surface area contributed by atoms with Crippen molar-refractivity contribution >= 4 is 57.6 Å². The number of rotatable bonds is 2. The van der Waals surface area contributed by atoms with Crippen LogP contribution in [0.2, 0.25) is 5.02 Å². The van der Waals surface area contributed by atoms with Crippen molar-refractivity contribution in [2.45, 2.75) is 0 Å². The maximum absolute atomic E-state index is 13.3. The van der Waals surface area contributed by atoms with Gasteiger partial charge in [-0.2, -0.15) is 0 Å². The summed E-state index contributed by atoms with van der Waals surface area (Å²) in [4.78, 5) is 14.4. The molecule has 1 saturated heterocycles. The van der Waals surface area contributed by atoms with Crippen LogP contribution >= 0.6 is 35.6 Å². The number of nitrogens with zero attached hydrogens (tertiary/aromatic N) is 1. The van der Waals surface area contributed by atoms with E-state index < -0.39 is 5.82 Å². The number of benzene rings is 2. The summed E-state index contributed by atoms with van der Waals surface area (Å²) in [6.45, 7) is 0. The van der Waals surface area contributed by atoms with Crippen LogP contribution in [-0.2, 0) is 4.79 Å².